The molecule has 0 aliphatic heterocycles. The molecule has 0 saturated heterocycles. The number of aromatic nitrogens is 3. The van der Waals surface area contributed by atoms with Gasteiger partial charge in [0.1, 0.15) is 0 Å². The quantitative estimate of drug-likeness (QED) is 0.457. The molecular weight excluding hydrogens is 246 g/mol. The summed E-state index contributed by atoms with van der Waals surface area (Å²) in [6, 6.07) is 6.82. The molecule has 2 aromatic rings. The van der Waals surface area contributed by atoms with E-state index in [-0.39, 0.29) is 10.6 Å². The number of para-hydroxylation sites is 1. The summed E-state index contributed by atoms with van der Waals surface area (Å²) in [5.41, 5.74) is 0.932. The van der Waals surface area contributed by atoms with E-state index in [9.17, 15) is 10.1 Å². The number of benzene rings is 1. The van der Waals surface area contributed by atoms with Gasteiger partial charge in [0.15, 0.2) is 0 Å². The van der Waals surface area contributed by atoms with Gasteiger partial charge in [-0.25, -0.2) is 0 Å². The van der Waals surface area contributed by atoms with Crippen molar-refractivity contribution >= 4 is 5.69 Å². The van der Waals surface area contributed by atoms with E-state index in [1.807, 2.05) is 6.07 Å². The maximum absolute atomic E-state index is 10.8. The number of nitrogens with zero attached hydrogens (tertiary/aromatic N) is 4. The smallest absolute Gasteiger partial charge is 0.272 e. The van der Waals surface area contributed by atoms with Crippen LogP contribution in [-0.4, -0.2) is 33.0 Å². The molecule has 100 valence electrons. The summed E-state index contributed by atoms with van der Waals surface area (Å²) in [7, 11) is 0. The van der Waals surface area contributed by atoms with Crippen LogP contribution in [0.1, 0.15) is 5.56 Å². The Hall–Kier alpha value is -2.28. The van der Waals surface area contributed by atoms with Gasteiger partial charge < -0.3 is 5.32 Å². The Morgan fingerprint density at radius 3 is 2.89 bits per heavy atom. The van der Waals surface area contributed by atoms with Gasteiger partial charge in [-0.2, -0.15) is 0 Å². The minimum atomic E-state index is -0.343. The van der Waals surface area contributed by atoms with Gasteiger partial charge in [-0.05, 0) is 13.0 Å². The van der Waals surface area contributed by atoms with E-state index in [1.54, 1.807) is 29.2 Å². The Kier molecular flexibility index (Phi) is 4.57. The van der Waals surface area contributed by atoms with Crippen molar-refractivity contribution < 1.29 is 4.92 Å². The third kappa shape index (κ3) is 3.85. The normalized spacial score (nSPS) is 10.5. The zero-order valence-corrected chi connectivity index (χ0v) is 10.4. The first-order chi connectivity index (χ1) is 9.27. The minimum absolute atomic E-state index is 0.181. The van der Waals surface area contributed by atoms with Crippen LogP contribution in [0.4, 0.5) is 5.69 Å². The van der Waals surface area contributed by atoms with Gasteiger partial charge in [0.05, 0.1) is 17.7 Å². The molecule has 0 amide bonds. The van der Waals surface area contributed by atoms with Gasteiger partial charge in [-0.1, -0.05) is 23.4 Å². The molecule has 0 atom stereocenters. The van der Waals surface area contributed by atoms with E-state index in [4.69, 9.17) is 0 Å². The molecule has 0 bridgehead atoms. The first-order valence-electron chi connectivity index (χ1n) is 6.04. The molecule has 7 nitrogen and oxygen atoms in total. The molecule has 0 spiro atoms. The second-order valence-corrected chi connectivity index (χ2v) is 4.05. The van der Waals surface area contributed by atoms with E-state index in [1.165, 1.54) is 6.07 Å². The molecule has 0 aliphatic rings. The lowest BCUT2D eigenvalue weighted by Crippen LogP contribution is -2.22. The van der Waals surface area contributed by atoms with Crippen molar-refractivity contribution in [3.63, 3.8) is 0 Å². The van der Waals surface area contributed by atoms with Gasteiger partial charge in [-0.3, -0.25) is 14.8 Å². The predicted molar refractivity (Wildman–Crippen MR) is 69.7 cm³/mol. The molecule has 0 saturated carbocycles. The highest BCUT2D eigenvalue weighted by Crippen LogP contribution is 2.17. The Balaban J connectivity index is 1.75. The summed E-state index contributed by atoms with van der Waals surface area (Å²) < 4.78 is 1.73. The monoisotopic (exact) mass is 261 g/mol. The van der Waals surface area contributed by atoms with Crippen LogP contribution in [0, 0.1) is 10.1 Å². The third-order valence-electron chi connectivity index (χ3n) is 2.75. The summed E-state index contributed by atoms with van der Waals surface area (Å²) >= 11 is 0. The lowest BCUT2D eigenvalue weighted by molar-refractivity contribution is -0.385. The van der Waals surface area contributed by atoms with Crippen LogP contribution in [0.5, 0.6) is 0 Å². The van der Waals surface area contributed by atoms with E-state index in [0.717, 1.165) is 18.7 Å². The fraction of sp³-hybridized carbons (Fsp3) is 0.333. The van der Waals surface area contributed by atoms with Crippen molar-refractivity contribution in [2.45, 2.75) is 13.0 Å². The number of nitrogens with one attached hydrogen (secondary N) is 1. The van der Waals surface area contributed by atoms with Gasteiger partial charge in [-0.15, -0.1) is 5.10 Å². The topological polar surface area (TPSA) is 85.9 Å². The maximum Gasteiger partial charge on any atom is 0.272 e. The Bertz CT molecular complexity index is 527. The first kappa shape index (κ1) is 13.2. The van der Waals surface area contributed by atoms with Gasteiger partial charge >= 0.3 is 0 Å². The van der Waals surface area contributed by atoms with Crippen LogP contribution in [-0.2, 0) is 13.0 Å². The lowest BCUT2D eigenvalue weighted by atomic mass is 10.1. The zero-order valence-electron chi connectivity index (χ0n) is 10.4. The fourth-order valence-corrected chi connectivity index (χ4v) is 1.79. The number of hydrogen-bond donors (Lipinski definition) is 1. The summed E-state index contributed by atoms with van der Waals surface area (Å²) in [4.78, 5) is 10.5. The molecule has 7 heteroatoms. The summed E-state index contributed by atoms with van der Waals surface area (Å²) in [6.45, 7) is 2.18. The molecule has 0 unspecified atom stereocenters. The highest BCUT2D eigenvalue weighted by molar-refractivity contribution is 5.39. The van der Waals surface area contributed by atoms with Gasteiger partial charge in [0, 0.05) is 24.4 Å². The molecule has 1 aromatic carbocycles. The van der Waals surface area contributed by atoms with Crippen LogP contribution in [0.3, 0.4) is 0 Å². The van der Waals surface area contributed by atoms with Gasteiger partial charge in [0.2, 0.25) is 0 Å². The lowest BCUT2D eigenvalue weighted by Gasteiger charge is -2.05. The second kappa shape index (κ2) is 6.60. The average molecular weight is 261 g/mol. The molecule has 0 aliphatic carbocycles. The number of hydrogen-bond acceptors (Lipinski definition) is 5. The van der Waals surface area contributed by atoms with Crippen LogP contribution >= 0.6 is 0 Å². The van der Waals surface area contributed by atoms with Crippen LogP contribution in [0.25, 0.3) is 0 Å². The fourth-order valence-electron chi connectivity index (χ4n) is 1.79. The van der Waals surface area contributed by atoms with Crippen molar-refractivity contribution in [2.75, 3.05) is 13.1 Å². The van der Waals surface area contributed by atoms with Crippen LogP contribution in [0.15, 0.2) is 36.7 Å². The third-order valence-corrected chi connectivity index (χ3v) is 2.75. The minimum Gasteiger partial charge on any atom is -0.315 e. The standard InChI is InChI=1S/C12H15N5O2/c18-17(19)12-4-2-1-3-11(12)5-6-13-7-9-16-10-8-14-15-16/h1-4,8,10,13H,5-7,9H2. The average Bonchev–Trinajstić information content (AvgIpc) is 2.92. The molecule has 1 aromatic heterocycles. The highest BCUT2D eigenvalue weighted by atomic mass is 16.6. The maximum atomic E-state index is 10.8. The van der Waals surface area contributed by atoms with E-state index >= 15 is 0 Å². The van der Waals surface area contributed by atoms with Gasteiger partial charge in [0.25, 0.3) is 5.69 Å². The van der Waals surface area contributed by atoms with Crippen molar-refractivity contribution in [2.24, 2.45) is 0 Å². The first-order valence-corrected chi connectivity index (χ1v) is 6.04. The molecule has 0 radical (unpaired) electrons. The second-order valence-electron chi connectivity index (χ2n) is 4.05. The van der Waals surface area contributed by atoms with E-state index in [0.29, 0.717) is 13.0 Å². The van der Waals surface area contributed by atoms with Crippen molar-refractivity contribution in [1.82, 2.24) is 20.3 Å². The largest absolute Gasteiger partial charge is 0.315 e. The number of nitro groups is 1. The number of nitro benzene ring substituents is 1. The van der Waals surface area contributed by atoms with Crippen LogP contribution in [0.2, 0.25) is 0 Å². The molecule has 2 rings (SSSR count). The molecule has 19 heavy (non-hydrogen) atoms. The van der Waals surface area contributed by atoms with E-state index < -0.39 is 0 Å². The molecule has 1 heterocycles. The Morgan fingerprint density at radius 1 is 1.32 bits per heavy atom. The summed E-state index contributed by atoms with van der Waals surface area (Å²) in [6.07, 6.45) is 4.06. The SMILES string of the molecule is O=[N+]([O-])c1ccccc1CCNCCn1ccnn1. The van der Waals surface area contributed by atoms with Crippen molar-refractivity contribution in [3.05, 3.63) is 52.3 Å². The zero-order chi connectivity index (χ0) is 13.5. The molecule has 1 N–H and O–H groups in total. The van der Waals surface area contributed by atoms with Crippen molar-refractivity contribution in [3.8, 4) is 0 Å². The molecule has 0 fully saturated rings. The Labute approximate surface area is 110 Å². The van der Waals surface area contributed by atoms with Crippen molar-refractivity contribution in [1.29, 1.82) is 0 Å². The number of rotatable bonds is 7. The summed E-state index contributed by atoms with van der Waals surface area (Å²) in [5.74, 6) is 0. The Morgan fingerprint density at radius 2 is 2.16 bits per heavy atom. The summed E-state index contributed by atoms with van der Waals surface area (Å²) in [5, 5.41) is 21.6. The van der Waals surface area contributed by atoms with E-state index in [2.05, 4.69) is 15.6 Å². The van der Waals surface area contributed by atoms with Crippen LogP contribution < -0.4 is 5.32 Å². The molecular formula is C12H15N5O2. The highest BCUT2D eigenvalue weighted by Gasteiger charge is 2.11. The predicted octanol–water partition coefficient (Wildman–Crippen LogP) is 1.02.